The minimum atomic E-state index is -0.579. The fourth-order valence-corrected chi connectivity index (χ4v) is 3.66. The van der Waals surface area contributed by atoms with Gasteiger partial charge in [0, 0.05) is 19.3 Å². The molecule has 2 aromatic rings. The molecule has 2 aromatic heterocycles. The Hall–Kier alpha value is -3.21. The van der Waals surface area contributed by atoms with Crippen molar-refractivity contribution >= 4 is 11.8 Å². The fourth-order valence-electron chi connectivity index (χ4n) is 3.66. The first-order valence-corrected chi connectivity index (χ1v) is 9.51. The lowest BCUT2D eigenvalue weighted by Crippen LogP contribution is -2.49. The van der Waals surface area contributed by atoms with Crippen molar-refractivity contribution in [3.8, 4) is 11.9 Å². The third kappa shape index (κ3) is 3.60. The number of carbonyl (C=O) groups excluding carboxylic acids is 2. The predicted molar refractivity (Wildman–Crippen MR) is 100 cm³/mol. The van der Waals surface area contributed by atoms with Crippen LogP contribution in [0.25, 0.3) is 5.82 Å². The van der Waals surface area contributed by atoms with E-state index in [-0.39, 0.29) is 11.8 Å². The van der Waals surface area contributed by atoms with E-state index in [0.29, 0.717) is 22.4 Å². The second kappa shape index (κ2) is 7.08. The molecule has 3 heterocycles. The molecule has 1 spiro atoms. The first kappa shape index (κ1) is 18.2. The zero-order valence-corrected chi connectivity index (χ0v) is 15.8. The highest BCUT2D eigenvalue weighted by Gasteiger charge is 2.45. The summed E-state index contributed by atoms with van der Waals surface area (Å²) in [4.78, 5) is 31.2. The molecule has 0 aromatic carbocycles. The lowest BCUT2D eigenvalue weighted by molar-refractivity contribution is -0.134. The molecule has 1 atom stereocenters. The van der Waals surface area contributed by atoms with Crippen LogP contribution in [0, 0.1) is 16.7 Å². The quantitative estimate of drug-likeness (QED) is 0.871. The van der Waals surface area contributed by atoms with Crippen LogP contribution in [0.4, 0.5) is 0 Å². The second-order valence-electron chi connectivity index (χ2n) is 7.71. The predicted octanol–water partition coefficient (Wildman–Crippen LogP) is 1.66. The van der Waals surface area contributed by atoms with Gasteiger partial charge in [-0.3, -0.25) is 9.59 Å². The SMILES string of the molecule is C[C@H](NC(=O)c1ccc(-n2cc(C#N)cn2)nc1)C(=O)N1CCC2(CC1)CC2. The highest BCUT2D eigenvalue weighted by atomic mass is 16.2. The first-order valence-electron chi connectivity index (χ1n) is 9.51. The molecule has 2 fully saturated rings. The summed E-state index contributed by atoms with van der Waals surface area (Å²) in [6.45, 7) is 3.28. The molecule has 2 amide bonds. The molecule has 4 rings (SSSR count). The van der Waals surface area contributed by atoms with Crippen molar-refractivity contribution in [2.24, 2.45) is 5.41 Å². The van der Waals surface area contributed by atoms with E-state index in [4.69, 9.17) is 5.26 Å². The Balaban J connectivity index is 1.35. The average Bonchev–Trinajstić information content (AvgIpc) is 3.29. The Bertz CT molecular complexity index is 928. The van der Waals surface area contributed by atoms with Gasteiger partial charge in [-0.1, -0.05) is 0 Å². The summed E-state index contributed by atoms with van der Waals surface area (Å²) in [6.07, 6.45) is 9.18. The van der Waals surface area contributed by atoms with E-state index >= 15 is 0 Å². The molecule has 8 nitrogen and oxygen atoms in total. The van der Waals surface area contributed by atoms with Gasteiger partial charge in [-0.25, -0.2) is 9.67 Å². The van der Waals surface area contributed by atoms with E-state index in [1.54, 1.807) is 25.3 Å². The summed E-state index contributed by atoms with van der Waals surface area (Å²) in [5.41, 5.74) is 1.31. The zero-order chi connectivity index (χ0) is 19.7. The van der Waals surface area contributed by atoms with E-state index < -0.39 is 6.04 Å². The Labute approximate surface area is 163 Å². The van der Waals surface area contributed by atoms with Crippen molar-refractivity contribution in [1.82, 2.24) is 25.0 Å². The topological polar surface area (TPSA) is 104 Å². The molecular formula is C20H22N6O2. The number of hydrogen-bond donors (Lipinski definition) is 1. The lowest BCUT2D eigenvalue weighted by atomic mass is 9.93. The second-order valence-corrected chi connectivity index (χ2v) is 7.71. The highest BCUT2D eigenvalue weighted by molar-refractivity contribution is 5.97. The molecule has 8 heteroatoms. The summed E-state index contributed by atoms with van der Waals surface area (Å²) in [5, 5.41) is 15.7. The Morgan fingerprint density at radius 3 is 2.54 bits per heavy atom. The maximum Gasteiger partial charge on any atom is 0.253 e. The minimum absolute atomic E-state index is 0.0333. The van der Waals surface area contributed by atoms with Crippen molar-refractivity contribution in [2.75, 3.05) is 13.1 Å². The molecule has 1 aliphatic heterocycles. The van der Waals surface area contributed by atoms with Crippen molar-refractivity contribution in [2.45, 2.75) is 38.6 Å². The maximum atomic E-state index is 12.6. The molecule has 1 saturated heterocycles. The van der Waals surface area contributed by atoms with E-state index in [0.717, 1.165) is 25.9 Å². The third-order valence-electron chi connectivity index (χ3n) is 5.77. The highest BCUT2D eigenvalue weighted by Crippen LogP contribution is 2.53. The monoisotopic (exact) mass is 378 g/mol. The Kier molecular flexibility index (Phi) is 4.59. The van der Waals surface area contributed by atoms with Crippen LogP contribution in [0.1, 0.15) is 48.5 Å². The number of pyridine rings is 1. The van der Waals surface area contributed by atoms with Gasteiger partial charge in [-0.2, -0.15) is 10.4 Å². The molecule has 0 unspecified atom stereocenters. The van der Waals surface area contributed by atoms with Crippen LogP contribution in [-0.2, 0) is 4.79 Å². The van der Waals surface area contributed by atoms with Crippen LogP contribution < -0.4 is 5.32 Å². The molecule has 1 saturated carbocycles. The largest absolute Gasteiger partial charge is 0.341 e. The number of nitrogens with one attached hydrogen (secondary N) is 1. The minimum Gasteiger partial charge on any atom is -0.341 e. The van der Waals surface area contributed by atoms with Crippen LogP contribution in [0.15, 0.2) is 30.7 Å². The number of hydrogen-bond acceptors (Lipinski definition) is 5. The number of nitriles is 1. The van der Waals surface area contributed by atoms with Gasteiger partial charge in [-0.05, 0) is 50.2 Å². The lowest BCUT2D eigenvalue weighted by Gasteiger charge is -2.33. The number of carbonyl (C=O) groups is 2. The number of likely N-dealkylation sites (tertiary alicyclic amines) is 1. The molecule has 1 aliphatic carbocycles. The number of rotatable bonds is 4. The standard InChI is InChI=1S/C20H22N6O2/c1-14(19(28)25-8-6-20(4-5-20)7-9-25)24-18(27)16-2-3-17(22-12-16)26-13-15(10-21)11-23-26/h2-3,11-14H,4-9H2,1H3,(H,24,27)/t14-/m0/s1. The van der Waals surface area contributed by atoms with Gasteiger partial charge in [0.2, 0.25) is 5.91 Å². The average molecular weight is 378 g/mol. The summed E-state index contributed by atoms with van der Waals surface area (Å²) in [6, 6.07) is 4.70. The molecule has 28 heavy (non-hydrogen) atoms. The first-order chi connectivity index (χ1) is 13.5. The van der Waals surface area contributed by atoms with Gasteiger partial charge < -0.3 is 10.2 Å². The number of nitrogens with zero attached hydrogens (tertiary/aromatic N) is 5. The Morgan fingerprint density at radius 2 is 1.96 bits per heavy atom. The van der Waals surface area contributed by atoms with Gasteiger partial charge >= 0.3 is 0 Å². The zero-order valence-electron chi connectivity index (χ0n) is 15.8. The molecule has 1 N–H and O–H groups in total. The van der Waals surface area contributed by atoms with Crippen LogP contribution in [0.5, 0.6) is 0 Å². The smallest absolute Gasteiger partial charge is 0.253 e. The van der Waals surface area contributed by atoms with Gasteiger partial charge in [0.05, 0.1) is 23.5 Å². The van der Waals surface area contributed by atoms with E-state index in [2.05, 4.69) is 15.4 Å². The van der Waals surface area contributed by atoms with E-state index in [1.165, 1.54) is 29.9 Å². The third-order valence-corrected chi connectivity index (χ3v) is 5.77. The van der Waals surface area contributed by atoms with Gasteiger partial charge in [0.1, 0.15) is 12.1 Å². The molecule has 0 bridgehead atoms. The summed E-state index contributed by atoms with van der Waals surface area (Å²) in [5.74, 6) is 0.132. The summed E-state index contributed by atoms with van der Waals surface area (Å²) in [7, 11) is 0. The van der Waals surface area contributed by atoms with Gasteiger partial charge in [-0.15, -0.1) is 0 Å². The number of piperidine rings is 1. The fraction of sp³-hybridized carbons (Fsp3) is 0.450. The molecular weight excluding hydrogens is 356 g/mol. The normalized spacial score (nSPS) is 18.4. The molecule has 144 valence electrons. The number of amides is 2. The summed E-state index contributed by atoms with van der Waals surface area (Å²) < 4.78 is 1.47. The van der Waals surface area contributed by atoms with Crippen molar-refractivity contribution < 1.29 is 9.59 Å². The van der Waals surface area contributed by atoms with E-state index in [1.807, 2.05) is 11.0 Å². The van der Waals surface area contributed by atoms with Crippen molar-refractivity contribution in [3.63, 3.8) is 0 Å². The van der Waals surface area contributed by atoms with Crippen LogP contribution in [-0.4, -0.2) is 50.6 Å². The van der Waals surface area contributed by atoms with Gasteiger partial charge in [0.15, 0.2) is 5.82 Å². The molecule has 0 radical (unpaired) electrons. The van der Waals surface area contributed by atoms with E-state index in [9.17, 15) is 9.59 Å². The summed E-state index contributed by atoms with van der Waals surface area (Å²) >= 11 is 0. The number of aromatic nitrogens is 3. The van der Waals surface area contributed by atoms with Crippen molar-refractivity contribution in [1.29, 1.82) is 5.26 Å². The van der Waals surface area contributed by atoms with Crippen molar-refractivity contribution in [3.05, 3.63) is 41.9 Å². The molecule has 2 aliphatic rings. The maximum absolute atomic E-state index is 12.6. The van der Waals surface area contributed by atoms with Crippen LogP contribution in [0.2, 0.25) is 0 Å². The van der Waals surface area contributed by atoms with Crippen LogP contribution >= 0.6 is 0 Å². The van der Waals surface area contributed by atoms with Gasteiger partial charge in [0.25, 0.3) is 5.91 Å². The Morgan fingerprint density at radius 1 is 1.21 bits per heavy atom. The van der Waals surface area contributed by atoms with Crippen LogP contribution in [0.3, 0.4) is 0 Å².